The maximum atomic E-state index is 12.4. The zero-order chi connectivity index (χ0) is 20.8. The molecule has 0 fully saturated rings. The number of carbonyl (C=O) groups is 2. The van der Waals surface area contributed by atoms with Gasteiger partial charge in [-0.1, -0.05) is 0 Å². The van der Waals surface area contributed by atoms with Crippen LogP contribution in [0.3, 0.4) is 0 Å². The van der Waals surface area contributed by atoms with Gasteiger partial charge in [0, 0.05) is 10.6 Å². The van der Waals surface area contributed by atoms with E-state index >= 15 is 0 Å². The van der Waals surface area contributed by atoms with Crippen molar-refractivity contribution >= 4 is 33.8 Å². The van der Waals surface area contributed by atoms with Crippen LogP contribution in [-0.4, -0.2) is 44.0 Å². The number of nitrogens with one attached hydrogen (secondary N) is 2. The highest BCUT2D eigenvalue weighted by Crippen LogP contribution is 2.37. The van der Waals surface area contributed by atoms with E-state index in [2.05, 4.69) is 16.7 Å². The predicted octanol–water partition coefficient (Wildman–Crippen LogP) is 3.02. The average Bonchev–Trinajstić information content (AvgIpc) is 3.04. The van der Waals surface area contributed by atoms with Gasteiger partial charge < -0.3 is 15.4 Å². The summed E-state index contributed by atoms with van der Waals surface area (Å²) in [6.45, 7) is 0.134. The largest absolute Gasteiger partial charge is 0.497 e. The fourth-order valence-corrected chi connectivity index (χ4v) is 4.62. The van der Waals surface area contributed by atoms with Gasteiger partial charge in [-0.3, -0.25) is 14.5 Å². The lowest BCUT2D eigenvalue weighted by molar-refractivity contribution is -0.119. The van der Waals surface area contributed by atoms with Gasteiger partial charge in [-0.05, 0) is 62.6 Å². The second kappa shape index (κ2) is 9.54. The number of rotatable bonds is 7. The number of hydrogen-bond acceptors (Lipinski definition) is 6. The standard InChI is InChI=1S/C21H24N4O3S/c1-25(12-19(26)23-14-7-9-15(28-2)10-8-14)13-20(27)24-21-17(11-22)16-5-3-4-6-18(16)29-21/h7-10H,3-6,12-13H2,1-2H3,(H,23,26)(H,24,27). The Hall–Kier alpha value is -2.89. The van der Waals surface area contributed by atoms with Crippen LogP contribution < -0.4 is 15.4 Å². The fraction of sp³-hybridized carbons (Fsp3) is 0.381. The summed E-state index contributed by atoms with van der Waals surface area (Å²) in [7, 11) is 3.29. The fourth-order valence-electron chi connectivity index (χ4n) is 3.36. The van der Waals surface area contributed by atoms with Crippen LogP contribution in [0.1, 0.15) is 28.8 Å². The summed E-state index contributed by atoms with van der Waals surface area (Å²) in [6.07, 6.45) is 4.07. The van der Waals surface area contributed by atoms with Gasteiger partial charge in [0.15, 0.2) is 0 Å². The van der Waals surface area contributed by atoms with E-state index in [0.29, 0.717) is 22.0 Å². The van der Waals surface area contributed by atoms with E-state index in [9.17, 15) is 14.9 Å². The first-order valence-corrected chi connectivity index (χ1v) is 10.3. The Bertz CT molecular complexity index is 931. The molecule has 1 aromatic heterocycles. The van der Waals surface area contributed by atoms with Gasteiger partial charge in [-0.15, -0.1) is 11.3 Å². The SMILES string of the molecule is COc1ccc(NC(=O)CN(C)CC(=O)Nc2sc3c(c2C#N)CCCC3)cc1. The van der Waals surface area contributed by atoms with Crippen molar-refractivity contribution in [3.8, 4) is 11.8 Å². The maximum absolute atomic E-state index is 12.4. The van der Waals surface area contributed by atoms with Crippen molar-refractivity contribution in [2.45, 2.75) is 25.7 Å². The van der Waals surface area contributed by atoms with E-state index in [0.717, 1.165) is 31.2 Å². The van der Waals surface area contributed by atoms with Crippen molar-refractivity contribution in [1.29, 1.82) is 5.26 Å². The third-order valence-electron chi connectivity index (χ3n) is 4.74. The number of carbonyl (C=O) groups excluding carboxylic acids is 2. The van der Waals surface area contributed by atoms with E-state index in [-0.39, 0.29) is 24.9 Å². The molecule has 0 unspecified atom stereocenters. The molecular weight excluding hydrogens is 388 g/mol. The minimum Gasteiger partial charge on any atom is -0.497 e. The third-order valence-corrected chi connectivity index (χ3v) is 5.94. The number of amides is 2. The van der Waals surface area contributed by atoms with Gasteiger partial charge in [0.2, 0.25) is 11.8 Å². The number of methoxy groups -OCH3 is 1. The van der Waals surface area contributed by atoms with Crippen molar-refractivity contribution in [1.82, 2.24) is 4.90 Å². The minimum absolute atomic E-state index is 0.0590. The molecule has 152 valence electrons. The number of likely N-dealkylation sites (N-methyl/N-ethyl adjacent to an activating group) is 1. The Labute approximate surface area is 174 Å². The topological polar surface area (TPSA) is 94.5 Å². The molecular formula is C21H24N4O3S. The number of ether oxygens (including phenoxy) is 1. The smallest absolute Gasteiger partial charge is 0.239 e. The zero-order valence-corrected chi connectivity index (χ0v) is 17.4. The van der Waals surface area contributed by atoms with Crippen molar-refractivity contribution in [3.63, 3.8) is 0 Å². The quantitative estimate of drug-likeness (QED) is 0.729. The molecule has 2 aromatic rings. The van der Waals surface area contributed by atoms with Gasteiger partial charge >= 0.3 is 0 Å². The molecule has 7 nitrogen and oxygen atoms in total. The Kier molecular flexibility index (Phi) is 6.86. The van der Waals surface area contributed by atoms with Crippen LogP contribution in [0.2, 0.25) is 0 Å². The number of fused-ring (bicyclic) bond motifs is 1. The molecule has 0 aliphatic heterocycles. The van der Waals surface area contributed by atoms with E-state index in [1.54, 1.807) is 43.3 Å². The van der Waals surface area contributed by atoms with Gasteiger partial charge in [-0.25, -0.2) is 0 Å². The molecule has 2 amide bonds. The average molecular weight is 413 g/mol. The Morgan fingerprint density at radius 2 is 1.79 bits per heavy atom. The second-order valence-electron chi connectivity index (χ2n) is 7.02. The van der Waals surface area contributed by atoms with Crippen molar-refractivity contribution in [2.75, 3.05) is 37.9 Å². The second-order valence-corrected chi connectivity index (χ2v) is 8.13. The van der Waals surface area contributed by atoms with Gasteiger partial charge in [0.1, 0.15) is 16.8 Å². The number of benzene rings is 1. The van der Waals surface area contributed by atoms with Gasteiger partial charge in [0.05, 0.1) is 25.8 Å². The van der Waals surface area contributed by atoms with Crippen LogP contribution in [0.25, 0.3) is 0 Å². The number of nitrogens with zero attached hydrogens (tertiary/aromatic N) is 2. The van der Waals surface area contributed by atoms with Crippen molar-refractivity contribution in [3.05, 3.63) is 40.3 Å². The summed E-state index contributed by atoms with van der Waals surface area (Å²) in [5.74, 6) is 0.262. The number of aryl methyl sites for hydroxylation is 1. The lowest BCUT2D eigenvalue weighted by atomic mass is 9.96. The molecule has 0 radical (unpaired) electrons. The van der Waals surface area contributed by atoms with Crippen molar-refractivity contribution in [2.24, 2.45) is 0 Å². The van der Waals surface area contributed by atoms with Crippen LogP contribution in [0.5, 0.6) is 5.75 Å². The first kappa shape index (κ1) is 20.8. The van der Waals surface area contributed by atoms with Crippen LogP contribution in [0.15, 0.2) is 24.3 Å². The number of nitriles is 1. The molecule has 0 saturated carbocycles. The van der Waals surface area contributed by atoms with Crippen LogP contribution >= 0.6 is 11.3 Å². The summed E-state index contributed by atoms with van der Waals surface area (Å²) in [6, 6.07) is 9.28. The predicted molar refractivity (Wildman–Crippen MR) is 113 cm³/mol. The van der Waals surface area contributed by atoms with Crippen LogP contribution in [0.4, 0.5) is 10.7 Å². The zero-order valence-electron chi connectivity index (χ0n) is 16.6. The monoisotopic (exact) mass is 412 g/mol. The van der Waals surface area contributed by atoms with Gasteiger partial charge in [-0.2, -0.15) is 5.26 Å². The Morgan fingerprint density at radius 3 is 2.45 bits per heavy atom. The molecule has 0 atom stereocenters. The molecule has 1 heterocycles. The van der Waals surface area contributed by atoms with E-state index in [1.165, 1.54) is 16.2 Å². The summed E-state index contributed by atoms with van der Waals surface area (Å²) >= 11 is 1.50. The third kappa shape index (κ3) is 5.34. The number of anilines is 2. The van der Waals surface area contributed by atoms with E-state index < -0.39 is 0 Å². The highest BCUT2D eigenvalue weighted by molar-refractivity contribution is 7.16. The molecule has 8 heteroatoms. The molecule has 1 aromatic carbocycles. The Balaban J connectivity index is 1.52. The molecule has 2 N–H and O–H groups in total. The van der Waals surface area contributed by atoms with Crippen LogP contribution in [0, 0.1) is 11.3 Å². The maximum Gasteiger partial charge on any atom is 0.239 e. The normalized spacial score (nSPS) is 12.8. The molecule has 1 aliphatic carbocycles. The molecule has 0 bridgehead atoms. The highest BCUT2D eigenvalue weighted by Gasteiger charge is 2.22. The highest BCUT2D eigenvalue weighted by atomic mass is 32.1. The first-order chi connectivity index (χ1) is 14.0. The number of hydrogen-bond donors (Lipinski definition) is 2. The Morgan fingerprint density at radius 1 is 1.14 bits per heavy atom. The summed E-state index contributed by atoms with van der Waals surface area (Å²) < 4.78 is 5.09. The lowest BCUT2D eigenvalue weighted by Crippen LogP contribution is -2.36. The van der Waals surface area contributed by atoms with E-state index in [4.69, 9.17) is 4.74 Å². The molecule has 3 rings (SSSR count). The van der Waals surface area contributed by atoms with Crippen molar-refractivity contribution < 1.29 is 14.3 Å². The molecule has 0 saturated heterocycles. The summed E-state index contributed by atoms with van der Waals surface area (Å²) in [4.78, 5) is 27.4. The van der Waals surface area contributed by atoms with Gasteiger partial charge in [0.25, 0.3) is 0 Å². The lowest BCUT2D eigenvalue weighted by Gasteiger charge is -2.16. The minimum atomic E-state index is -0.236. The van der Waals surface area contributed by atoms with Crippen LogP contribution in [-0.2, 0) is 22.4 Å². The first-order valence-electron chi connectivity index (χ1n) is 9.47. The molecule has 29 heavy (non-hydrogen) atoms. The summed E-state index contributed by atoms with van der Waals surface area (Å²) in [5, 5.41) is 15.8. The van der Waals surface area contributed by atoms with E-state index in [1.807, 2.05) is 0 Å². The summed E-state index contributed by atoms with van der Waals surface area (Å²) in [5.41, 5.74) is 2.35. The molecule has 1 aliphatic rings. The number of thiophene rings is 1. The molecule has 0 spiro atoms.